The van der Waals surface area contributed by atoms with E-state index in [-0.39, 0.29) is 11.9 Å². The third kappa shape index (κ3) is 5.05. The number of rotatable bonds is 6. The van der Waals surface area contributed by atoms with Crippen LogP contribution in [0.3, 0.4) is 0 Å². The molecule has 0 unspecified atom stereocenters. The van der Waals surface area contributed by atoms with Crippen molar-refractivity contribution in [3.05, 3.63) is 29.6 Å². The van der Waals surface area contributed by atoms with Crippen LogP contribution in [0, 0.1) is 0 Å². The molecule has 0 aliphatic rings. The molecule has 0 saturated heterocycles. The van der Waals surface area contributed by atoms with E-state index in [1.165, 1.54) is 0 Å². The molecule has 2 aromatic rings. The molecule has 0 saturated carbocycles. The van der Waals surface area contributed by atoms with Gasteiger partial charge in [0.05, 0.1) is 17.6 Å². The third-order valence-corrected chi connectivity index (χ3v) is 3.66. The molecule has 0 aliphatic carbocycles. The number of amides is 1. The predicted octanol–water partition coefficient (Wildman–Crippen LogP) is 4.30. The fourth-order valence-corrected chi connectivity index (χ4v) is 2.53. The van der Waals surface area contributed by atoms with Crippen molar-refractivity contribution in [1.82, 2.24) is 14.9 Å². The zero-order valence-corrected chi connectivity index (χ0v) is 15.7. The third-order valence-electron chi connectivity index (χ3n) is 3.66. The van der Waals surface area contributed by atoms with Crippen LogP contribution < -0.4 is 0 Å². The second-order valence-electron chi connectivity index (χ2n) is 7.09. The molecule has 1 aromatic carbocycles. The number of ether oxygens (including phenoxy) is 1. The average molecular weight is 345 g/mol. The first-order chi connectivity index (χ1) is 11.7. The summed E-state index contributed by atoms with van der Waals surface area (Å²) in [7, 11) is 0. The van der Waals surface area contributed by atoms with Gasteiger partial charge in [0.25, 0.3) is 0 Å². The number of nitrogens with one attached hydrogen (secondary N) is 1. The van der Waals surface area contributed by atoms with E-state index in [0.29, 0.717) is 30.9 Å². The zero-order chi connectivity index (χ0) is 18.6. The quantitative estimate of drug-likeness (QED) is 0.792. The van der Waals surface area contributed by atoms with E-state index in [1.54, 1.807) is 11.0 Å². The molecule has 6 nitrogen and oxygen atoms in total. The topological polar surface area (TPSA) is 75.3 Å². The monoisotopic (exact) mass is 345 g/mol. The highest BCUT2D eigenvalue weighted by atomic mass is 16.6. The number of carbonyl (C=O) groups excluding carboxylic acids is 2. The number of hydrogen-bond acceptors (Lipinski definition) is 4. The van der Waals surface area contributed by atoms with Crippen LogP contribution in [0.25, 0.3) is 11.0 Å². The highest BCUT2D eigenvalue weighted by molar-refractivity contribution is 5.98. The van der Waals surface area contributed by atoms with Crippen molar-refractivity contribution < 1.29 is 14.3 Å². The first-order valence-corrected chi connectivity index (χ1v) is 8.73. The molecule has 25 heavy (non-hydrogen) atoms. The van der Waals surface area contributed by atoms with E-state index in [4.69, 9.17) is 4.74 Å². The molecule has 0 spiro atoms. The molecule has 1 N–H and O–H groups in total. The molecule has 0 aliphatic heterocycles. The maximum atomic E-state index is 12.4. The average Bonchev–Trinajstić information content (AvgIpc) is 2.93. The summed E-state index contributed by atoms with van der Waals surface area (Å²) in [5, 5.41) is 0. The Morgan fingerprint density at radius 2 is 1.96 bits per heavy atom. The molecule has 0 fully saturated rings. The van der Waals surface area contributed by atoms with Crippen molar-refractivity contribution in [3.8, 4) is 0 Å². The number of carbonyl (C=O) groups is 2. The van der Waals surface area contributed by atoms with Gasteiger partial charge in [-0.3, -0.25) is 4.79 Å². The molecule has 6 heteroatoms. The zero-order valence-electron chi connectivity index (χ0n) is 15.7. The van der Waals surface area contributed by atoms with Gasteiger partial charge in [0.2, 0.25) is 0 Å². The Balaban J connectivity index is 2.21. The van der Waals surface area contributed by atoms with Gasteiger partial charge in [-0.05, 0) is 45.4 Å². The van der Waals surface area contributed by atoms with Gasteiger partial charge in [0.1, 0.15) is 11.4 Å². The molecule has 2 rings (SSSR count). The molecule has 0 radical (unpaired) electrons. The van der Waals surface area contributed by atoms with Crippen LogP contribution in [0.1, 0.15) is 63.6 Å². The number of Topliss-reactive ketones (excluding diaryl/α,β-unsaturated/α-hetero) is 1. The summed E-state index contributed by atoms with van der Waals surface area (Å²) in [6.45, 7) is 10.3. The first kappa shape index (κ1) is 19.0. The molecular weight excluding hydrogens is 318 g/mol. The van der Waals surface area contributed by atoms with E-state index in [1.807, 2.05) is 46.8 Å². The van der Waals surface area contributed by atoms with Gasteiger partial charge in [-0.25, -0.2) is 9.78 Å². The summed E-state index contributed by atoms with van der Waals surface area (Å²) in [5.41, 5.74) is 1.72. The number of H-pyrrole nitrogens is 1. The van der Waals surface area contributed by atoms with E-state index in [0.717, 1.165) is 17.5 Å². The van der Waals surface area contributed by atoms with Crippen molar-refractivity contribution in [1.29, 1.82) is 0 Å². The van der Waals surface area contributed by atoms with Gasteiger partial charge in [0.15, 0.2) is 5.78 Å². The summed E-state index contributed by atoms with van der Waals surface area (Å²) >= 11 is 0. The Bertz CT molecular complexity index is 759. The van der Waals surface area contributed by atoms with E-state index in [2.05, 4.69) is 9.97 Å². The fraction of sp³-hybridized carbons (Fsp3) is 0.526. The summed E-state index contributed by atoms with van der Waals surface area (Å²) < 4.78 is 5.46. The fourth-order valence-electron chi connectivity index (χ4n) is 2.53. The van der Waals surface area contributed by atoms with E-state index in [9.17, 15) is 9.59 Å². The molecule has 1 aromatic heterocycles. The second-order valence-corrected chi connectivity index (χ2v) is 7.09. The van der Waals surface area contributed by atoms with Crippen molar-refractivity contribution in [3.63, 3.8) is 0 Å². The van der Waals surface area contributed by atoms with Crippen LogP contribution in [-0.2, 0) is 11.3 Å². The Kier molecular flexibility index (Phi) is 5.82. The van der Waals surface area contributed by atoms with Crippen molar-refractivity contribution in [2.75, 3.05) is 6.54 Å². The molecule has 136 valence electrons. The largest absolute Gasteiger partial charge is 0.444 e. The van der Waals surface area contributed by atoms with Crippen LogP contribution in [0.2, 0.25) is 0 Å². The number of imidazole rings is 1. The minimum absolute atomic E-state index is 0.0967. The lowest BCUT2D eigenvalue weighted by molar-refractivity contribution is 0.0229. The van der Waals surface area contributed by atoms with Gasteiger partial charge in [-0.15, -0.1) is 0 Å². The summed E-state index contributed by atoms with van der Waals surface area (Å²) in [5.74, 6) is 0.773. The Morgan fingerprint density at radius 3 is 2.56 bits per heavy atom. The molecule has 0 atom stereocenters. The number of nitrogens with zero attached hydrogens (tertiary/aromatic N) is 2. The maximum absolute atomic E-state index is 12.4. The van der Waals surface area contributed by atoms with Gasteiger partial charge in [-0.2, -0.15) is 0 Å². The second kappa shape index (κ2) is 7.68. The SMILES string of the molecule is CCCN(Cc1nc2ccc(C(=O)CC)cc2[nH]1)C(=O)OC(C)(C)C. The number of aromatic nitrogens is 2. The summed E-state index contributed by atoms with van der Waals surface area (Å²) in [4.78, 5) is 33.6. The first-order valence-electron chi connectivity index (χ1n) is 8.73. The Hall–Kier alpha value is -2.37. The van der Waals surface area contributed by atoms with Crippen LogP contribution >= 0.6 is 0 Å². The number of aromatic amines is 1. The van der Waals surface area contributed by atoms with Gasteiger partial charge < -0.3 is 14.6 Å². The number of hydrogen-bond donors (Lipinski definition) is 1. The van der Waals surface area contributed by atoms with Crippen LogP contribution in [0.5, 0.6) is 0 Å². The number of fused-ring (bicyclic) bond motifs is 1. The van der Waals surface area contributed by atoms with E-state index >= 15 is 0 Å². The van der Waals surface area contributed by atoms with Crippen molar-refractivity contribution >= 4 is 22.9 Å². The highest BCUT2D eigenvalue weighted by Gasteiger charge is 2.22. The van der Waals surface area contributed by atoms with Crippen LogP contribution in [0.15, 0.2) is 18.2 Å². The lowest BCUT2D eigenvalue weighted by Gasteiger charge is -2.26. The minimum Gasteiger partial charge on any atom is -0.444 e. The molecule has 1 amide bonds. The van der Waals surface area contributed by atoms with Crippen LogP contribution in [-0.4, -0.2) is 38.9 Å². The minimum atomic E-state index is -0.535. The molecular formula is C19H27N3O3. The Labute approximate surface area is 148 Å². The number of benzene rings is 1. The van der Waals surface area contributed by atoms with Crippen molar-refractivity contribution in [2.24, 2.45) is 0 Å². The standard InChI is InChI=1S/C19H27N3O3/c1-6-10-22(18(24)25-19(3,4)5)12-17-20-14-9-8-13(16(23)7-2)11-15(14)21-17/h8-9,11H,6-7,10,12H2,1-5H3,(H,20,21). The van der Waals surface area contributed by atoms with E-state index < -0.39 is 5.60 Å². The van der Waals surface area contributed by atoms with Crippen LogP contribution in [0.4, 0.5) is 4.79 Å². The smallest absolute Gasteiger partial charge is 0.410 e. The highest BCUT2D eigenvalue weighted by Crippen LogP contribution is 2.17. The van der Waals surface area contributed by atoms with Gasteiger partial charge in [-0.1, -0.05) is 13.8 Å². The lowest BCUT2D eigenvalue weighted by atomic mass is 10.1. The maximum Gasteiger partial charge on any atom is 0.410 e. The molecule has 1 heterocycles. The van der Waals surface area contributed by atoms with Gasteiger partial charge >= 0.3 is 6.09 Å². The Morgan fingerprint density at radius 1 is 1.24 bits per heavy atom. The van der Waals surface area contributed by atoms with Crippen molar-refractivity contribution in [2.45, 2.75) is 59.6 Å². The summed E-state index contributed by atoms with van der Waals surface area (Å²) in [6, 6.07) is 5.43. The summed E-state index contributed by atoms with van der Waals surface area (Å²) in [6.07, 6.45) is 0.945. The van der Waals surface area contributed by atoms with Gasteiger partial charge in [0, 0.05) is 18.5 Å². The normalized spacial score (nSPS) is 11.6. The number of ketones is 1. The molecule has 0 bridgehead atoms. The lowest BCUT2D eigenvalue weighted by Crippen LogP contribution is -2.37. The predicted molar refractivity (Wildman–Crippen MR) is 97.7 cm³/mol.